The largest absolute Gasteiger partial charge is 0.497 e. The van der Waals surface area contributed by atoms with Crippen LogP contribution in [-0.4, -0.2) is 25.8 Å². The van der Waals surface area contributed by atoms with Crippen LogP contribution in [0.4, 0.5) is 0 Å². The molecule has 0 heterocycles. The number of methoxy groups -OCH3 is 1. The van der Waals surface area contributed by atoms with E-state index in [1.807, 2.05) is 24.3 Å². The van der Waals surface area contributed by atoms with Crippen molar-refractivity contribution in [3.63, 3.8) is 0 Å². The minimum Gasteiger partial charge on any atom is -0.497 e. The molecule has 0 atom stereocenters. The summed E-state index contributed by atoms with van der Waals surface area (Å²) >= 11 is 9.27. The molecule has 6 nitrogen and oxygen atoms in total. The number of hydrogen-bond acceptors (Lipinski definition) is 5. The highest BCUT2D eigenvalue weighted by Gasteiger charge is 2.06. The molecular formula is C23H20BrClN2O4. The molecular weight excluding hydrogens is 484 g/mol. The SMILES string of the molecule is COc1ccc(OCc2cccc(Br)c2)c(C=NNC(=O)COc2ccc(Cl)cc2)c1. The second-order valence-corrected chi connectivity index (χ2v) is 7.71. The molecule has 0 aliphatic rings. The zero-order valence-corrected chi connectivity index (χ0v) is 19.0. The van der Waals surface area contributed by atoms with Gasteiger partial charge in [-0.3, -0.25) is 4.79 Å². The molecule has 1 N–H and O–H groups in total. The lowest BCUT2D eigenvalue weighted by Crippen LogP contribution is -2.24. The van der Waals surface area contributed by atoms with Crippen molar-refractivity contribution in [3.8, 4) is 17.2 Å². The van der Waals surface area contributed by atoms with Crippen LogP contribution in [0.1, 0.15) is 11.1 Å². The number of hydrazone groups is 1. The quantitative estimate of drug-likeness (QED) is 0.321. The monoisotopic (exact) mass is 502 g/mol. The number of hydrogen-bond donors (Lipinski definition) is 1. The number of halogens is 2. The molecule has 0 radical (unpaired) electrons. The third-order valence-corrected chi connectivity index (χ3v) is 4.82. The second kappa shape index (κ2) is 11.4. The Bertz CT molecular complexity index is 1060. The lowest BCUT2D eigenvalue weighted by atomic mass is 10.2. The summed E-state index contributed by atoms with van der Waals surface area (Å²) in [7, 11) is 1.58. The van der Waals surface area contributed by atoms with Gasteiger partial charge in [0.25, 0.3) is 5.91 Å². The number of ether oxygens (including phenoxy) is 3. The van der Waals surface area contributed by atoms with Crippen molar-refractivity contribution in [1.82, 2.24) is 5.43 Å². The van der Waals surface area contributed by atoms with Gasteiger partial charge in [-0.05, 0) is 60.2 Å². The molecule has 0 saturated carbocycles. The van der Waals surface area contributed by atoms with Gasteiger partial charge in [-0.2, -0.15) is 5.10 Å². The van der Waals surface area contributed by atoms with Crippen LogP contribution in [0.3, 0.4) is 0 Å². The van der Waals surface area contributed by atoms with E-state index in [0.29, 0.717) is 34.4 Å². The van der Waals surface area contributed by atoms with Gasteiger partial charge >= 0.3 is 0 Å². The molecule has 8 heteroatoms. The summed E-state index contributed by atoms with van der Waals surface area (Å²) in [6.07, 6.45) is 1.50. The standard InChI is InChI=1S/C23H20BrClN2O4/c1-29-21-9-10-22(31-14-16-3-2-4-18(24)11-16)17(12-21)13-26-27-23(28)15-30-20-7-5-19(25)6-8-20/h2-13H,14-15H2,1H3,(H,27,28). The fourth-order valence-corrected chi connectivity index (χ4v) is 3.13. The number of nitrogens with one attached hydrogen (secondary N) is 1. The highest BCUT2D eigenvalue weighted by Crippen LogP contribution is 2.24. The van der Waals surface area contributed by atoms with Gasteiger partial charge in [0.05, 0.1) is 13.3 Å². The molecule has 0 aromatic heterocycles. The summed E-state index contributed by atoms with van der Waals surface area (Å²) in [5, 5.41) is 4.60. The molecule has 0 saturated heterocycles. The Morgan fingerprint density at radius 2 is 1.84 bits per heavy atom. The van der Waals surface area contributed by atoms with E-state index in [1.54, 1.807) is 49.6 Å². The third-order valence-electron chi connectivity index (χ3n) is 4.08. The van der Waals surface area contributed by atoms with Gasteiger partial charge in [0.2, 0.25) is 0 Å². The van der Waals surface area contributed by atoms with Gasteiger partial charge in [0.1, 0.15) is 23.9 Å². The maximum absolute atomic E-state index is 12.0. The van der Waals surface area contributed by atoms with E-state index in [1.165, 1.54) is 6.21 Å². The first-order valence-electron chi connectivity index (χ1n) is 9.29. The van der Waals surface area contributed by atoms with Gasteiger partial charge in [0.15, 0.2) is 6.61 Å². The van der Waals surface area contributed by atoms with Crippen LogP contribution in [0.15, 0.2) is 76.3 Å². The number of nitrogens with zero attached hydrogens (tertiary/aromatic N) is 1. The smallest absolute Gasteiger partial charge is 0.277 e. The number of rotatable bonds is 9. The lowest BCUT2D eigenvalue weighted by Gasteiger charge is -2.11. The maximum atomic E-state index is 12.0. The normalized spacial score (nSPS) is 10.7. The van der Waals surface area contributed by atoms with Gasteiger partial charge in [0, 0.05) is 15.1 Å². The van der Waals surface area contributed by atoms with Crippen molar-refractivity contribution in [2.75, 3.05) is 13.7 Å². The van der Waals surface area contributed by atoms with Crippen molar-refractivity contribution in [1.29, 1.82) is 0 Å². The predicted octanol–water partition coefficient (Wildman–Crippen LogP) is 5.22. The summed E-state index contributed by atoms with van der Waals surface area (Å²) in [5.41, 5.74) is 4.11. The molecule has 31 heavy (non-hydrogen) atoms. The summed E-state index contributed by atoms with van der Waals surface area (Å²) in [6.45, 7) is 0.206. The molecule has 160 valence electrons. The van der Waals surface area contributed by atoms with Crippen LogP contribution >= 0.6 is 27.5 Å². The molecule has 1 amide bonds. The highest BCUT2D eigenvalue weighted by molar-refractivity contribution is 9.10. The topological polar surface area (TPSA) is 69.2 Å². The van der Waals surface area contributed by atoms with Crippen molar-refractivity contribution in [2.45, 2.75) is 6.61 Å². The van der Waals surface area contributed by atoms with E-state index in [0.717, 1.165) is 10.0 Å². The minimum absolute atomic E-state index is 0.177. The second-order valence-electron chi connectivity index (χ2n) is 6.36. The molecule has 0 bridgehead atoms. The van der Waals surface area contributed by atoms with Crippen molar-refractivity contribution < 1.29 is 19.0 Å². The van der Waals surface area contributed by atoms with Crippen LogP contribution in [0.25, 0.3) is 0 Å². The average Bonchev–Trinajstić information content (AvgIpc) is 2.78. The molecule has 0 spiro atoms. The first kappa shape index (κ1) is 22.7. The van der Waals surface area contributed by atoms with E-state index in [4.69, 9.17) is 25.8 Å². The first-order chi connectivity index (χ1) is 15.0. The number of carbonyl (C=O) groups excluding carboxylic acids is 1. The Balaban J connectivity index is 1.59. The molecule has 0 fully saturated rings. The fourth-order valence-electron chi connectivity index (χ4n) is 2.56. The lowest BCUT2D eigenvalue weighted by molar-refractivity contribution is -0.123. The van der Waals surface area contributed by atoms with Crippen LogP contribution in [-0.2, 0) is 11.4 Å². The Kier molecular flexibility index (Phi) is 8.32. The molecule has 0 unspecified atom stereocenters. The third kappa shape index (κ3) is 7.31. The number of benzene rings is 3. The zero-order valence-electron chi connectivity index (χ0n) is 16.7. The summed E-state index contributed by atoms with van der Waals surface area (Å²) < 4.78 is 17.6. The van der Waals surface area contributed by atoms with E-state index in [2.05, 4.69) is 26.5 Å². The molecule has 0 aliphatic carbocycles. The minimum atomic E-state index is -0.397. The number of carbonyl (C=O) groups is 1. The first-order valence-corrected chi connectivity index (χ1v) is 10.5. The number of amides is 1. The fraction of sp³-hybridized carbons (Fsp3) is 0.130. The van der Waals surface area contributed by atoms with Gasteiger partial charge < -0.3 is 14.2 Å². The molecule has 3 aromatic rings. The van der Waals surface area contributed by atoms with Crippen LogP contribution < -0.4 is 19.6 Å². The molecule has 0 aliphatic heterocycles. The Morgan fingerprint density at radius 3 is 2.58 bits per heavy atom. The van der Waals surface area contributed by atoms with Crippen molar-refractivity contribution in [2.24, 2.45) is 5.10 Å². The Labute approximate surface area is 193 Å². The molecule has 3 aromatic carbocycles. The molecule has 3 rings (SSSR count). The van der Waals surface area contributed by atoms with E-state index < -0.39 is 5.91 Å². The maximum Gasteiger partial charge on any atom is 0.277 e. The van der Waals surface area contributed by atoms with Gasteiger partial charge in [-0.1, -0.05) is 39.7 Å². The van der Waals surface area contributed by atoms with Gasteiger partial charge in [-0.15, -0.1) is 0 Å². The van der Waals surface area contributed by atoms with Crippen LogP contribution in [0, 0.1) is 0 Å². The summed E-state index contributed by atoms with van der Waals surface area (Å²) in [4.78, 5) is 12.0. The Morgan fingerprint density at radius 1 is 1.06 bits per heavy atom. The van der Waals surface area contributed by atoms with Crippen molar-refractivity contribution >= 4 is 39.7 Å². The highest BCUT2D eigenvalue weighted by atomic mass is 79.9. The van der Waals surface area contributed by atoms with E-state index >= 15 is 0 Å². The van der Waals surface area contributed by atoms with E-state index in [-0.39, 0.29) is 6.61 Å². The van der Waals surface area contributed by atoms with Gasteiger partial charge in [-0.25, -0.2) is 5.43 Å². The van der Waals surface area contributed by atoms with Crippen LogP contribution in [0.5, 0.6) is 17.2 Å². The average molecular weight is 504 g/mol. The predicted molar refractivity (Wildman–Crippen MR) is 124 cm³/mol. The Hall–Kier alpha value is -3.03. The zero-order chi connectivity index (χ0) is 22.1. The van der Waals surface area contributed by atoms with Crippen molar-refractivity contribution in [3.05, 3.63) is 87.4 Å². The summed E-state index contributed by atoms with van der Waals surface area (Å²) in [6, 6.07) is 20.0. The summed E-state index contributed by atoms with van der Waals surface area (Å²) in [5.74, 6) is 1.40. The van der Waals surface area contributed by atoms with E-state index in [9.17, 15) is 4.79 Å². The van der Waals surface area contributed by atoms with Crippen LogP contribution in [0.2, 0.25) is 5.02 Å².